The van der Waals surface area contributed by atoms with E-state index >= 15 is 0 Å². The minimum Gasteiger partial charge on any atom is -0.497 e. The third-order valence-corrected chi connectivity index (χ3v) is 5.94. The Morgan fingerprint density at radius 3 is 2.63 bits per heavy atom. The van der Waals surface area contributed by atoms with Gasteiger partial charge < -0.3 is 9.72 Å². The Hall–Kier alpha value is -2.48. The van der Waals surface area contributed by atoms with E-state index in [2.05, 4.69) is 67.4 Å². The standard InChI is InChI=1S/C25H29NO/c1-4-6-9-17(5-2)14-19-16-20(27-3)15-18-12-13-22-21-10-7-8-11-23(21)26-25(22)24(18)19/h7-8,10-13,15-17,26H,4-6,9,14H2,1-3H3. The van der Waals surface area contributed by atoms with Crippen LogP contribution >= 0.6 is 0 Å². The van der Waals surface area contributed by atoms with Gasteiger partial charge in [-0.3, -0.25) is 0 Å². The Morgan fingerprint density at radius 1 is 1.00 bits per heavy atom. The molecule has 0 aliphatic heterocycles. The molecule has 1 atom stereocenters. The van der Waals surface area contributed by atoms with Crippen LogP contribution < -0.4 is 4.74 Å². The Kier molecular flexibility index (Phi) is 5.07. The smallest absolute Gasteiger partial charge is 0.119 e. The van der Waals surface area contributed by atoms with E-state index in [0.29, 0.717) is 0 Å². The Labute approximate surface area is 161 Å². The van der Waals surface area contributed by atoms with Gasteiger partial charge in [0, 0.05) is 21.7 Å². The number of hydrogen-bond donors (Lipinski definition) is 1. The molecule has 0 bridgehead atoms. The molecule has 1 heterocycles. The second kappa shape index (κ2) is 7.64. The minimum atomic E-state index is 0.722. The lowest BCUT2D eigenvalue weighted by molar-refractivity contribution is 0.413. The van der Waals surface area contributed by atoms with E-state index < -0.39 is 0 Å². The van der Waals surface area contributed by atoms with Gasteiger partial charge in [-0.05, 0) is 41.5 Å². The zero-order chi connectivity index (χ0) is 18.8. The van der Waals surface area contributed by atoms with Gasteiger partial charge in [-0.2, -0.15) is 0 Å². The van der Waals surface area contributed by atoms with Crippen molar-refractivity contribution in [2.24, 2.45) is 5.92 Å². The molecule has 0 radical (unpaired) electrons. The van der Waals surface area contributed by atoms with Gasteiger partial charge >= 0.3 is 0 Å². The third kappa shape index (κ3) is 3.29. The molecule has 1 unspecified atom stereocenters. The van der Waals surface area contributed by atoms with Crippen molar-refractivity contribution in [1.29, 1.82) is 0 Å². The molecule has 4 aromatic rings. The molecular formula is C25H29NO. The Morgan fingerprint density at radius 2 is 1.85 bits per heavy atom. The number of aromatic nitrogens is 1. The maximum atomic E-state index is 5.62. The van der Waals surface area contributed by atoms with Gasteiger partial charge in [-0.25, -0.2) is 0 Å². The monoisotopic (exact) mass is 359 g/mol. The molecule has 27 heavy (non-hydrogen) atoms. The summed E-state index contributed by atoms with van der Waals surface area (Å²) in [6, 6.07) is 17.5. The number of rotatable bonds is 7. The zero-order valence-electron chi connectivity index (χ0n) is 16.6. The van der Waals surface area contributed by atoms with E-state index in [9.17, 15) is 0 Å². The largest absolute Gasteiger partial charge is 0.497 e. The molecule has 0 aliphatic carbocycles. The van der Waals surface area contributed by atoms with Crippen LogP contribution in [-0.2, 0) is 6.42 Å². The van der Waals surface area contributed by atoms with E-state index in [4.69, 9.17) is 4.74 Å². The fourth-order valence-electron chi connectivity index (χ4n) is 4.37. The van der Waals surface area contributed by atoms with Crippen LogP contribution in [-0.4, -0.2) is 12.1 Å². The predicted octanol–water partition coefficient (Wildman–Crippen LogP) is 7.24. The van der Waals surface area contributed by atoms with Crippen LogP contribution in [0.15, 0.2) is 48.5 Å². The molecule has 140 valence electrons. The van der Waals surface area contributed by atoms with Crippen molar-refractivity contribution in [2.75, 3.05) is 7.11 Å². The summed E-state index contributed by atoms with van der Waals surface area (Å²) in [6.07, 6.45) is 6.21. The number of H-pyrrole nitrogens is 1. The first-order chi connectivity index (χ1) is 13.2. The van der Waals surface area contributed by atoms with E-state index in [0.717, 1.165) is 18.1 Å². The quantitative estimate of drug-likeness (QED) is 0.369. The summed E-state index contributed by atoms with van der Waals surface area (Å²) in [5.41, 5.74) is 3.88. The van der Waals surface area contributed by atoms with Gasteiger partial charge in [0.2, 0.25) is 0 Å². The number of benzene rings is 3. The molecule has 3 aromatic carbocycles. The van der Waals surface area contributed by atoms with Crippen molar-refractivity contribution in [3.05, 3.63) is 54.1 Å². The average Bonchev–Trinajstić information content (AvgIpc) is 3.09. The Bertz CT molecular complexity index is 1080. The van der Waals surface area contributed by atoms with Crippen LogP contribution in [0.25, 0.3) is 32.6 Å². The second-order valence-electron chi connectivity index (χ2n) is 7.66. The molecule has 0 spiro atoms. The molecule has 2 heteroatoms. The zero-order valence-corrected chi connectivity index (χ0v) is 16.6. The van der Waals surface area contributed by atoms with Crippen LogP contribution in [0.3, 0.4) is 0 Å². The predicted molar refractivity (Wildman–Crippen MR) is 117 cm³/mol. The first-order valence-corrected chi connectivity index (χ1v) is 10.2. The van der Waals surface area contributed by atoms with Crippen LogP contribution in [0.1, 0.15) is 45.1 Å². The summed E-state index contributed by atoms with van der Waals surface area (Å²) in [5.74, 6) is 1.68. The van der Waals surface area contributed by atoms with Crippen molar-refractivity contribution >= 4 is 32.6 Å². The first kappa shape index (κ1) is 17.9. The van der Waals surface area contributed by atoms with E-state index in [1.54, 1.807) is 7.11 Å². The van der Waals surface area contributed by atoms with Gasteiger partial charge in [0.15, 0.2) is 0 Å². The minimum absolute atomic E-state index is 0.722. The van der Waals surface area contributed by atoms with Crippen molar-refractivity contribution in [3.63, 3.8) is 0 Å². The highest BCUT2D eigenvalue weighted by atomic mass is 16.5. The number of nitrogens with one attached hydrogen (secondary N) is 1. The van der Waals surface area contributed by atoms with E-state index in [-0.39, 0.29) is 0 Å². The van der Waals surface area contributed by atoms with Crippen LogP contribution in [0, 0.1) is 5.92 Å². The highest BCUT2D eigenvalue weighted by Gasteiger charge is 2.15. The van der Waals surface area contributed by atoms with Gasteiger partial charge in [-0.15, -0.1) is 0 Å². The number of aromatic amines is 1. The van der Waals surface area contributed by atoms with E-state index in [1.807, 2.05) is 0 Å². The lowest BCUT2D eigenvalue weighted by atomic mass is 9.89. The highest BCUT2D eigenvalue weighted by Crippen LogP contribution is 2.36. The topological polar surface area (TPSA) is 25.0 Å². The van der Waals surface area contributed by atoms with Crippen LogP contribution in [0.2, 0.25) is 0 Å². The lowest BCUT2D eigenvalue weighted by Gasteiger charge is -2.17. The fourth-order valence-corrected chi connectivity index (χ4v) is 4.37. The summed E-state index contributed by atoms with van der Waals surface area (Å²) in [7, 11) is 1.76. The maximum Gasteiger partial charge on any atom is 0.119 e. The molecular weight excluding hydrogens is 330 g/mol. The van der Waals surface area contributed by atoms with Crippen LogP contribution in [0.4, 0.5) is 0 Å². The SMILES string of the molecule is CCCCC(CC)Cc1cc(OC)cc2ccc3c4ccccc4[nH]c3c12. The van der Waals surface area contributed by atoms with Crippen molar-refractivity contribution in [3.8, 4) is 5.75 Å². The molecule has 4 rings (SSSR count). The van der Waals surface area contributed by atoms with Gasteiger partial charge in [-0.1, -0.05) is 69.9 Å². The van der Waals surface area contributed by atoms with E-state index in [1.165, 1.54) is 63.8 Å². The fraction of sp³-hybridized carbons (Fsp3) is 0.360. The molecule has 1 N–H and O–H groups in total. The molecule has 2 nitrogen and oxygen atoms in total. The maximum absolute atomic E-state index is 5.62. The van der Waals surface area contributed by atoms with Crippen molar-refractivity contribution < 1.29 is 4.74 Å². The summed E-state index contributed by atoms with van der Waals surface area (Å²) in [6.45, 7) is 4.60. The highest BCUT2D eigenvalue weighted by molar-refractivity contribution is 6.18. The number of unbranched alkanes of at least 4 members (excludes halogenated alkanes) is 1. The van der Waals surface area contributed by atoms with Crippen molar-refractivity contribution in [2.45, 2.75) is 46.0 Å². The average molecular weight is 360 g/mol. The number of ether oxygens (including phenoxy) is 1. The second-order valence-corrected chi connectivity index (χ2v) is 7.66. The molecule has 0 fully saturated rings. The number of methoxy groups -OCH3 is 1. The van der Waals surface area contributed by atoms with Gasteiger partial charge in [0.25, 0.3) is 0 Å². The summed E-state index contributed by atoms with van der Waals surface area (Å²) in [5, 5.41) is 5.23. The Balaban J connectivity index is 1.93. The molecule has 0 saturated heterocycles. The third-order valence-electron chi connectivity index (χ3n) is 5.94. The summed E-state index contributed by atoms with van der Waals surface area (Å²) >= 11 is 0. The molecule has 0 amide bonds. The lowest BCUT2D eigenvalue weighted by Crippen LogP contribution is -2.04. The molecule has 0 saturated carbocycles. The van der Waals surface area contributed by atoms with Crippen molar-refractivity contribution in [1.82, 2.24) is 4.98 Å². The first-order valence-electron chi connectivity index (χ1n) is 10.2. The number of fused-ring (bicyclic) bond motifs is 5. The van der Waals surface area contributed by atoms with Crippen LogP contribution in [0.5, 0.6) is 5.75 Å². The van der Waals surface area contributed by atoms with Gasteiger partial charge in [0.05, 0.1) is 12.6 Å². The molecule has 1 aromatic heterocycles. The summed E-state index contributed by atoms with van der Waals surface area (Å²) in [4.78, 5) is 3.69. The summed E-state index contributed by atoms with van der Waals surface area (Å²) < 4.78 is 5.62. The molecule has 0 aliphatic rings. The number of hydrogen-bond acceptors (Lipinski definition) is 1. The van der Waals surface area contributed by atoms with Gasteiger partial charge in [0.1, 0.15) is 5.75 Å². The normalized spacial score (nSPS) is 12.9. The number of para-hydroxylation sites is 1.